The van der Waals surface area contributed by atoms with Crippen molar-refractivity contribution in [2.24, 2.45) is 5.92 Å². The summed E-state index contributed by atoms with van der Waals surface area (Å²) in [6.07, 6.45) is 1.90. The Labute approximate surface area is 89.8 Å². The van der Waals surface area contributed by atoms with Gasteiger partial charge in [-0.05, 0) is 19.8 Å². The Morgan fingerprint density at radius 3 is 2.15 bits per heavy atom. The highest BCUT2D eigenvalue weighted by atomic mass is 79.9. The molecular formula is C10H20BrNO. The van der Waals surface area contributed by atoms with E-state index in [1.54, 1.807) is 0 Å². The van der Waals surface area contributed by atoms with Crippen LogP contribution >= 0.6 is 15.9 Å². The predicted molar refractivity (Wildman–Crippen MR) is 60.1 cm³/mol. The van der Waals surface area contributed by atoms with Crippen molar-refractivity contribution in [1.29, 1.82) is 0 Å². The van der Waals surface area contributed by atoms with Crippen molar-refractivity contribution in [1.82, 2.24) is 4.90 Å². The van der Waals surface area contributed by atoms with Crippen LogP contribution in [0.5, 0.6) is 0 Å². The maximum absolute atomic E-state index is 11.8. The van der Waals surface area contributed by atoms with Crippen molar-refractivity contribution in [2.45, 2.75) is 33.6 Å². The van der Waals surface area contributed by atoms with Gasteiger partial charge in [-0.15, -0.1) is 0 Å². The second kappa shape index (κ2) is 7.36. The van der Waals surface area contributed by atoms with Crippen LogP contribution in [0.4, 0.5) is 0 Å². The Kier molecular flexibility index (Phi) is 7.33. The SMILES string of the molecule is CCC(CC)C(=O)N(CC)CCBr. The van der Waals surface area contributed by atoms with Gasteiger partial charge in [0, 0.05) is 24.3 Å². The number of carbonyl (C=O) groups is 1. The molecule has 0 atom stereocenters. The van der Waals surface area contributed by atoms with Crippen molar-refractivity contribution in [3.05, 3.63) is 0 Å². The monoisotopic (exact) mass is 249 g/mol. The van der Waals surface area contributed by atoms with Gasteiger partial charge in [-0.2, -0.15) is 0 Å². The number of hydrogen-bond acceptors (Lipinski definition) is 1. The Balaban J connectivity index is 4.16. The normalized spacial score (nSPS) is 10.5. The summed E-state index contributed by atoms with van der Waals surface area (Å²) in [4.78, 5) is 13.8. The van der Waals surface area contributed by atoms with Crippen molar-refractivity contribution in [2.75, 3.05) is 18.4 Å². The standard InChI is InChI=1S/C10H20BrNO/c1-4-9(5-2)10(13)12(6-3)8-7-11/h9H,4-8H2,1-3H3. The van der Waals surface area contributed by atoms with Crippen molar-refractivity contribution in [3.8, 4) is 0 Å². The van der Waals surface area contributed by atoms with Gasteiger partial charge in [0.25, 0.3) is 0 Å². The Morgan fingerprint density at radius 1 is 1.31 bits per heavy atom. The summed E-state index contributed by atoms with van der Waals surface area (Å²) in [5.74, 6) is 0.533. The van der Waals surface area contributed by atoms with E-state index in [9.17, 15) is 4.79 Å². The molecule has 0 aromatic carbocycles. The Morgan fingerprint density at radius 2 is 1.85 bits per heavy atom. The number of carbonyl (C=O) groups excluding carboxylic acids is 1. The highest BCUT2D eigenvalue weighted by Crippen LogP contribution is 2.11. The van der Waals surface area contributed by atoms with E-state index in [1.807, 2.05) is 11.8 Å². The summed E-state index contributed by atoms with van der Waals surface area (Å²) in [6.45, 7) is 7.83. The molecule has 0 bridgehead atoms. The lowest BCUT2D eigenvalue weighted by Gasteiger charge is -2.24. The maximum atomic E-state index is 11.8. The van der Waals surface area contributed by atoms with Crippen LogP contribution in [-0.4, -0.2) is 29.2 Å². The molecule has 0 aliphatic rings. The predicted octanol–water partition coefficient (Wildman–Crippen LogP) is 2.67. The Hall–Kier alpha value is -0.0500. The Bertz CT molecular complexity index is 146. The summed E-state index contributed by atoms with van der Waals surface area (Å²) < 4.78 is 0. The summed E-state index contributed by atoms with van der Waals surface area (Å²) in [6, 6.07) is 0. The van der Waals surface area contributed by atoms with E-state index >= 15 is 0 Å². The number of hydrogen-bond donors (Lipinski definition) is 0. The van der Waals surface area contributed by atoms with Gasteiger partial charge in [0.2, 0.25) is 5.91 Å². The summed E-state index contributed by atoms with van der Waals surface area (Å²) in [7, 11) is 0. The zero-order chi connectivity index (χ0) is 10.3. The first-order chi connectivity index (χ1) is 6.21. The largest absolute Gasteiger partial charge is 0.342 e. The first-order valence-corrected chi connectivity index (χ1v) is 6.18. The molecule has 13 heavy (non-hydrogen) atoms. The van der Waals surface area contributed by atoms with E-state index in [1.165, 1.54) is 0 Å². The van der Waals surface area contributed by atoms with Gasteiger partial charge in [-0.25, -0.2) is 0 Å². The fourth-order valence-corrected chi connectivity index (χ4v) is 1.85. The average Bonchev–Trinajstić information content (AvgIpc) is 2.15. The second-order valence-corrected chi connectivity index (χ2v) is 3.91. The lowest BCUT2D eigenvalue weighted by molar-refractivity contribution is -0.135. The highest BCUT2D eigenvalue weighted by molar-refractivity contribution is 9.09. The van der Waals surface area contributed by atoms with Gasteiger partial charge in [0.15, 0.2) is 0 Å². The maximum Gasteiger partial charge on any atom is 0.225 e. The van der Waals surface area contributed by atoms with Gasteiger partial charge in [-0.3, -0.25) is 4.79 Å². The first-order valence-electron chi connectivity index (χ1n) is 5.05. The first kappa shape index (κ1) is 12.9. The van der Waals surface area contributed by atoms with Crippen molar-refractivity contribution < 1.29 is 4.79 Å². The van der Waals surface area contributed by atoms with Gasteiger partial charge < -0.3 is 4.90 Å². The fraction of sp³-hybridized carbons (Fsp3) is 0.900. The number of halogens is 1. The molecule has 0 aliphatic heterocycles. The molecule has 0 saturated heterocycles. The van der Waals surface area contributed by atoms with Crippen LogP contribution < -0.4 is 0 Å². The molecule has 1 amide bonds. The minimum atomic E-state index is 0.221. The van der Waals surface area contributed by atoms with Crippen LogP contribution in [0.3, 0.4) is 0 Å². The van der Waals surface area contributed by atoms with Crippen LogP contribution in [0.15, 0.2) is 0 Å². The van der Waals surface area contributed by atoms with Crippen molar-refractivity contribution in [3.63, 3.8) is 0 Å². The second-order valence-electron chi connectivity index (χ2n) is 3.12. The fourth-order valence-electron chi connectivity index (χ4n) is 1.42. The minimum Gasteiger partial charge on any atom is -0.342 e. The van der Waals surface area contributed by atoms with E-state index < -0.39 is 0 Å². The molecule has 0 spiro atoms. The number of nitrogens with zero attached hydrogens (tertiary/aromatic N) is 1. The molecule has 78 valence electrons. The van der Waals surface area contributed by atoms with Crippen LogP contribution in [0.2, 0.25) is 0 Å². The van der Waals surface area contributed by atoms with Crippen LogP contribution in [0.1, 0.15) is 33.6 Å². The molecule has 0 unspecified atom stereocenters. The quantitative estimate of drug-likeness (QED) is 0.664. The van der Waals surface area contributed by atoms with Crippen LogP contribution in [-0.2, 0) is 4.79 Å². The molecule has 0 rings (SSSR count). The van der Waals surface area contributed by atoms with Gasteiger partial charge in [0.1, 0.15) is 0 Å². The molecule has 0 radical (unpaired) electrons. The summed E-state index contributed by atoms with van der Waals surface area (Å²) in [5.41, 5.74) is 0. The molecule has 0 aromatic heterocycles. The summed E-state index contributed by atoms with van der Waals surface area (Å²) >= 11 is 3.36. The third kappa shape index (κ3) is 4.12. The molecule has 2 nitrogen and oxygen atoms in total. The molecule has 3 heteroatoms. The molecule has 0 N–H and O–H groups in total. The average molecular weight is 250 g/mol. The molecule has 0 heterocycles. The zero-order valence-corrected chi connectivity index (χ0v) is 10.4. The third-order valence-electron chi connectivity index (χ3n) is 2.38. The van der Waals surface area contributed by atoms with Crippen LogP contribution in [0, 0.1) is 5.92 Å². The highest BCUT2D eigenvalue weighted by Gasteiger charge is 2.19. The summed E-state index contributed by atoms with van der Waals surface area (Å²) in [5, 5.41) is 0.868. The molecule has 0 aromatic rings. The van der Waals surface area contributed by atoms with Crippen molar-refractivity contribution >= 4 is 21.8 Å². The van der Waals surface area contributed by atoms with E-state index in [0.717, 1.165) is 31.3 Å². The number of amides is 1. The number of alkyl halides is 1. The van der Waals surface area contributed by atoms with Gasteiger partial charge in [-0.1, -0.05) is 29.8 Å². The van der Waals surface area contributed by atoms with E-state index in [-0.39, 0.29) is 5.92 Å². The van der Waals surface area contributed by atoms with Gasteiger partial charge >= 0.3 is 0 Å². The lowest BCUT2D eigenvalue weighted by Crippen LogP contribution is -2.36. The molecule has 0 saturated carbocycles. The minimum absolute atomic E-state index is 0.221. The lowest BCUT2D eigenvalue weighted by atomic mass is 10.0. The smallest absolute Gasteiger partial charge is 0.225 e. The third-order valence-corrected chi connectivity index (χ3v) is 2.74. The molecular weight excluding hydrogens is 230 g/mol. The topological polar surface area (TPSA) is 20.3 Å². The molecule has 0 aliphatic carbocycles. The van der Waals surface area contributed by atoms with Gasteiger partial charge in [0.05, 0.1) is 0 Å². The van der Waals surface area contributed by atoms with E-state index in [0.29, 0.717) is 5.91 Å². The van der Waals surface area contributed by atoms with Crippen LogP contribution in [0.25, 0.3) is 0 Å². The van der Waals surface area contributed by atoms with E-state index in [4.69, 9.17) is 0 Å². The number of rotatable bonds is 6. The zero-order valence-electron chi connectivity index (χ0n) is 8.85. The van der Waals surface area contributed by atoms with E-state index in [2.05, 4.69) is 29.8 Å². The molecule has 0 fully saturated rings.